The van der Waals surface area contributed by atoms with Gasteiger partial charge in [-0.05, 0) is 55.3 Å². The van der Waals surface area contributed by atoms with E-state index < -0.39 is 15.9 Å². The Kier molecular flexibility index (Phi) is 7.23. The summed E-state index contributed by atoms with van der Waals surface area (Å²) < 4.78 is 26.8. The summed E-state index contributed by atoms with van der Waals surface area (Å²) in [4.78, 5) is 39.4. The molecule has 2 N–H and O–H groups in total. The molecule has 1 aliphatic carbocycles. The molecule has 0 bridgehead atoms. The Bertz CT molecular complexity index is 1220. The van der Waals surface area contributed by atoms with Crippen molar-refractivity contribution in [2.45, 2.75) is 44.0 Å². The molecule has 4 rings (SSSR count). The zero-order chi connectivity index (χ0) is 25.2. The third-order valence-corrected chi connectivity index (χ3v) is 8.36. The molecule has 0 radical (unpaired) electrons. The van der Waals surface area contributed by atoms with Gasteiger partial charge in [-0.1, -0.05) is 19.9 Å². The van der Waals surface area contributed by atoms with Gasteiger partial charge >= 0.3 is 0 Å². The van der Waals surface area contributed by atoms with Crippen LogP contribution in [0.2, 0.25) is 0 Å². The first kappa shape index (κ1) is 24.9. The highest BCUT2D eigenvalue weighted by Crippen LogP contribution is 2.28. The third kappa shape index (κ3) is 5.54. The monoisotopic (exact) mass is 498 g/mol. The van der Waals surface area contributed by atoms with E-state index in [4.69, 9.17) is 0 Å². The molecule has 0 aromatic heterocycles. The number of carbonyl (C=O) groups excluding carboxylic acids is 3. The first-order valence-corrected chi connectivity index (χ1v) is 13.3. The van der Waals surface area contributed by atoms with Crippen molar-refractivity contribution in [3.8, 4) is 0 Å². The minimum absolute atomic E-state index is 0.0488. The smallest absolute Gasteiger partial charge is 0.251 e. The van der Waals surface area contributed by atoms with Crippen molar-refractivity contribution >= 4 is 39.1 Å². The second kappa shape index (κ2) is 10.2. The summed E-state index contributed by atoms with van der Waals surface area (Å²) in [6.45, 7) is 4.49. The molecule has 1 atom stereocenters. The van der Waals surface area contributed by atoms with Crippen LogP contribution in [-0.2, 0) is 19.6 Å². The van der Waals surface area contributed by atoms with Crippen molar-refractivity contribution in [1.82, 2.24) is 9.62 Å². The van der Waals surface area contributed by atoms with Crippen molar-refractivity contribution < 1.29 is 22.8 Å². The fourth-order valence-electron chi connectivity index (χ4n) is 4.12. The lowest BCUT2D eigenvalue weighted by molar-refractivity contribution is -0.122. The zero-order valence-corrected chi connectivity index (χ0v) is 20.7. The minimum Gasteiger partial charge on any atom is -0.349 e. The van der Waals surface area contributed by atoms with Crippen molar-refractivity contribution in [2.24, 2.45) is 5.92 Å². The summed E-state index contributed by atoms with van der Waals surface area (Å²) in [6.07, 6.45) is 2.03. The number of benzene rings is 2. The standard InChI is InChI=1S/C25H30N4O5S/c1-3-28(4-2)35(33,34)22-12-10-21(11-13-22)29-16-18(15-23(29)30)25(32)27-20-7-5-6-17(14-20)24(31)26-19-8-9-19/h5-7,10-14,18-19H,3-4,8-9,15-16H2,1-2H3,(H,26,31)(H,27,32)/t18-/m0/s1. The predicted octanol–water partition coefficient (Wildman–Crippen LogP) is 2.60. The van der Waals surface area contributed by atoms with Crippen LogP contribution in [0.4, 0.5) is 11.4 Å². The summed E-state index contributed by atoms with van der Waals surface area (Å²) in [6, 6.07) is 13.1. The topological polar surface area (TPSA) is 116 Å². The van der Waals surface area contributed by atoms with Crippen molar-refractivity contribution in [3.63, 3.8) is 0 Å². The van der Waals surface area contributed by atoms with Crippen LogP contribution in [0.5, 0.6) is 0 Å². The average molecular weight is 499 g/mol. The van der Waals surface area contributed by atoms with Gasteiger partial charge in [0.2, 0.25) is 21.8 Å². The van der Waals surface area contributed by atoms with Gasteiger partial charge in [-0.15, -0.1) is 0 Å². The maximum absolute atomic E-state index is 12.9. The molecule has 3 amide bonds. The van der Waals surface area contributed by atoms with Gasteiger partial charge in [0.25, 0.3) is 5.91 Å². The first-order valence-electron chi connectivity index (χ1n) is 11.8. The van der Waals surface area contributed by atoms with E-state index in [0.29, 0.717) is 30.0 Å². The normalized spacial score (nSPS) is 18.1. The van der Waals surface area contributed by atoms with E-state index in [2.05, 4.69) is 10.6 Å². The van der Waals surface area contributed by atoms with Crippen molar-refractivity contribution in [1.29, 1.82) is 0 Å². The summed E-state index contributed by atoms with van der Waals surface area (Å²) in [5.74, 6) is -1.24. The Labute approximate surface area is 205 Å². The fraction of sp³-hybridized carbons (Fsp3) is 0.400. The van der Waals surface area contributed by atoms with Crippen LogP contribution in [0.25, 0.3) is 0 Å². The number of anilines is 2. The molecule has 9 nitrogen and oxygen atoms in total. The Morgan fingerprint density at radius 3 is 2.37 bits per heavy atom. The van der Waals surface area contributed by atoms with Gasteiger partial charge in [0.1, 0.15) is 0 Å². The summed E-state index contributed by atoms with van der Waals surface area (Å²) in [5, 5.41) is 5.73. The quantitative estimate of drug-likeness (QED) is 0.551. The molecule has 1 saturated carbocycles. The number of hydrogen-bond acceptors (Lipinski definition) is 5. The second-order valence-electron chi connectivity index (χ2n) is 8.81. The van der Waals surface area contributed by atoms with Gasteiger partial charge in [0.05, 0.1) is 10.8 Å². The number of nitrogens with zero attached hydrogens (tertiary/aromatic N) is 2. The van der Waals surface area contributed by atoms with E-state index in [1.54, 1.807) is 50.2 Å². The van der Waals surface area contributed by atoms with Gasteiger partial charge in [0, 0.05) is 49.0 Å². The predicted molar refractivity (Wildman–Crippen MR) is 133 cm³/mol. The van der Waals surface area contributed by atoms with E-state index in [9.17, 15) is 22.8 Å². The number of rotatable bonds is 9. The van der Waals surface area contributed by atoms with Crippen molar-refractivity contribution in [3.05, 3.63) is 54.1 Å². The second-order valence-corrected chi connectivity index (χ2v) is 10.7. The molecule has 35 heavy (non-hydrogen) atoms. The molecule has 2 aromatic carbocycles. The fourth-order valence-corrected chi connectivity index (χ4v) is 5.58. The van der Waals surface area contributed by atoms with Crippen LogP contribution < -0.4 is 15.5 Å². The number of carbonyl (C=O) groups is 3. The van der Waals surface area contributed by atoms with Crippen LogP contribution in [0, 0.1) is 5.92 Å². The maximum Gasteiger partial charge on any atom is 0.251 e. The van der Waals surface area contributed by atoms with Crippen LogP contribution >= 0.6 is 0 Å². The van der Waals surface area contributed by atoms with E-state index in [1.165, 1.54) is 21.3 Å². The SMILES string of the molecule is CCN(CC)S(=O)(=O)c1ccc(N2C[C@@H](C(=O)Nc3cccc(C(=O)NC4CC4)c3)CC2=O)cc1. The lowest BCUT2D eigenvalue weighted by Gasteiger charge is -2.20. The highest BCUT2D eigenvalue weighted by atomic mass is 32.2. The molecule has 1 aliphatic heterocycles. The summed E-state index contributed by atoms with van der Waals surface area (Å²) in [7, 11) is -3.59. The molecule has 1 heterocycles. The lowest BCUT2D eigenvalue weighted by atomic mass is 10.1. The number of hydrogen-bond donors (Lipinski definition) is 2. The van der Waals surface area contributed by atoms with Crippen molar-refractivity contribution in [2.75, 3.05) is 29.9 Å². The molecule has 0 unspecified atom stereocenters. The third-order valence-electron chi connectivity index (χ3n) is 6.29. The highest BCUT2D eigenvalue weighted by molar-refractivity contribution is 7.89. The van der Waals surface area contributed by atoms with Gasteiger partial charge in [-0.25, -0.2) is 8.42 Å². The highest BCUT2D eigenvalue weighted by Gasteiger charge is 2.35. The van der Waals surface area contributed by atoms with E-state index in [1.807, 2.05) is 0 Å². The summed E-state index contributed by atoms with van der Waals surface area (Å²) >= 11 is 0. The molecule has 2 aliphatic rings. The Hall–Kier alpha value is -3.24. The number of nitrogens with one attached hydrogen (secondary N) is 2. The first-order chi connectivity index (χ1) is 16.7. The molecular weight excluding hydrogens is 468 g/mol. The van der Waals surface area contributed by atoms with E-state index >= 15 is 0 Å². The Morgan fingerprint density at radius 2 is 1.74 bits per heavy atom. The zero-order valence-electron chi connectivity index (χ0n) is 19.9. The van der Waals surface area contributed by atoms with E-state index in [-0.39, 0.29) is 41.6 Å². The largest absolute Gasteiger partial charge is 0.349 e. The molecular formula is C25H30N4O5S. The molecule has 1 saturated heterocycles. The Morgan fingerprint density at radius 1 is 1.06 bits per heavy atom. The van der Waals surface area contributed by atoms with Crippen LogP contribution in [0.3, 0.4) is 0 Å². The Balaban J connectivity index is 1.40. The van der Waals surface area contributed by atoms with Gasteiger partial charge in [0.15, 0.2) is 0 Å². The van der Waals surface area contributed by atoms with E-state index in [0.717, 1.165) is 12.8 Å². The molecule has 10 heteroatoms. The molecule has 0 spiro atoms. The van der Waals surface area contributed by atoms with Crippen LogP contribution in [-0.4, -0.2) is 56.1 Å². The van der Waals surface area contributed by atoms with Gasteiger partial charge in [-0.2, -0.15) is 4.31 Å². The number of amides is 3. The molecule has 2 aromatic rings. The van der Waals surface area contributed by atoms with Crippen LogP contribution in [0.1, 0.15) is 43.5 Å². The maximum atomic E-state index is 12.9. The van der Waals surface area contributed by atoms with Gasteiger partial charge in [-0.3, -0.25) is 14.4 Å². The average Bonchev–Trinajstić information content (AvgIpc) is 3.57. The van der Waals surface area contributed by atoms with Gasteiger partial charge < -0.3 is 15.5 Å². The minimum atomic E-state index is -3.59. The number of sulfonamides is 1. The molecule has 2 fully saturated rings. The summed E-state index contributed by atoms with van der Waals surface area (Å²) in [5.41, 5.74) is 1.51. The molecule has 186 valence electrons. The van der Waals surface area contributed by atoms with Crippen LogP contribution in [0.15, 0.2) is 53.4 Å². The lowest BCUT2D eigenvalue weighted by Crippen LogP contribution is -2.31.